The summed E-state index contributed by atoms with van der Waals surface area (Å²) < 4.78 is 13.1. The van der Waals surface area contributed by atoms with E-state index >= 15 is 0 Å². The fraction of sp³-hybridized carbons (Fsp3) is 0.350. The Morgan fingerprint density at radius 1 is 1.31 bits per heavy atom. The monoisotopic (exact) mass is 371 g/mol. The second-order valence-corrected chi connectivity index (χ2v) is 7.47. The van der Waals surface area contributed by atoms with Gasteiger partial charge in [0.1, 0.15) is 16.9 Å². The first kappa shape index (κ1) is 19.9. The van der Waals surface area contributed by atoms with Crippen LogP contribution < -0.4 is 5.32 Å². The minimum absolute atomic E-state index is 0.150. The van der Waals surface area contributed by atoms with Crippen LogP contribution in [-0.4, -0.2) is 16.6 Å². The zero-order valence-corrected chi connectivity index (χ0v) is 16.2. The number of amides is 1. The molecule has 1 atom stereocenters. The number of carbonyl (C=O) groups excluding carboxylic acids is 1. The zero-order chi connectivity index (χ0) is 19.3. The molecule has 0 aliphatic heterocycles. The maximum absolute atomic E-state index is 13.1. The summed E-state index contributed by atoms with van der Waals surface area (Å²) >= 11 is 1.25. The predicted molar refractivity (Wildman–Crippen MR) is 101 cm³/mol. The van der Waals surface area contributed by atoms with Gasteiger partial charge in [-0.25, -0.2) is 9.37 Å². The minimum Gasteiger partial charge on any atom is -0.348 e. The van der Waals surface area contributed by atoms with E-state index in [0.717, 1.165) is 16.8 Å². The van der Waals surface area contributed by atoms with Crippen molar-refractivity contribution in [2.24, 2.45) is 5.92 Å². The third-order valence-electron chi connectivity index (χ3n) is 3.98. The van der Waals surface area contributed by atoms with Crippen molar-refractivity contribution in [3.05, 3.63) is 58.5 Å². The molecule has 136 valence electrons. The van der Waals surface area contributed by atoms with Crippen molar-refractivity contribution in [2.45, 2.75) is 38.8 Å². The lowest BCUT2D eigenvalue weighted by molar-refractivity contribution is -0.119. The number of halogens is 1. The molecule has 0 saturated carbocycles. The molecule has 1 amide bonds. The standard InChI is InChI=1S/C20H22FN3OS/c1-12(2)19(15-5-7-16(21)8-6-15)24-18(25)11-26-20-17(10-22)13(3)9-14(4)23-20/h5-9,12,19H,11H2,1-4H3,(H,24,25). The molecule has 4 nitrogen and oxygen atoms in total. The van der Waals surface area contributed by atoms with Gasteiger partial charge in [0.05, 0.1) is 17.4 Å². The van der Waals surface area contributed by atoms with Crippen LogP contribution in [0.25, 0.3) is 0 Å². The Morgan fingerprint density at radius 3 is 2.54 bits per heavy atom. The van der Waals surface area contributed by atoms with Crippen molar-refractivity contribution < 1.29 is 9.18 Å². The van der Waals surface area contributed by atoms with Gasteiger partial charge in [-0.2, -0.15) is 5.26 Å². The van der Waals surface area contributed by atoms with E-state index in [1.165, 1.54) is 23.9 Å². The first-order valence-corrected chi connectivity index (χ1v) is 9.36. The molecular formula is C20H22FN3OS. The van der Waals surface area contributed by atoms with Crippen LogP contribution >= 0.6 is 11.8 Å². The van der Waals surface area contributed by atoms with Gasteiger partial charge in [-0.15, -0.1) is 0 Å². The molecule has 0 fully saturated rings. The smallest absolute Gasteiger partial charge is 0.230 e. The molecule has 0 saturated heterocycles. The molecule has 1 aromatic carbocycles. The molecule has 1 unspecified atom stereocenters. The van der Waals surface area contributed by atoms with Crippen molar-refractivity contribution in [2.75, 3.05) is 5.75 Å². The Bertz CT molecular complexity index is 828. The second-order valence-electron chi connectivity index (χ2n) is 6.50. The number of benzene rings is 1. The maximum atomic E-state index is 13.1. The third-order valence-corrected chi connectivity index (χ3v) is 4.95. The van der Waals surface area contributed by atoms with E-state index in [2.05, 4.69) is 16.4 Å². The van der Waals surface area contributed by atoms with Crippen LogP contribution in [-0.2, 0) is 4.79 Å². The zero-order valence-electron chi connectivity index (χ0n) is 15.3. The van der Waals surface area contributed by atoms with Gasteiger partial charge in [0.2, 0.25) is 5.91 Å². The minimum atomic E-state index is -0.303. The Kier molecular flexibility index (Phi) is 6.76. The van der Waals surface area contributed by atoms with Gasteiger partial charge in [-0.3, -0.25) is 4.79 Å². The Labute approximate surface area is 157 Å². The molecule has 2 aromatic rings. The van der Waals surface area contributed by atoms with E-state index in [1.54, 1.807) is 12.1 Å². The average molecular weight is 371 g/mol. The van der Waals surface area contributed by atoms with Crippen molar-refractivity contribution in [3.63, 3.8) is 0 Å². The lowest BCUT2D eigenvalue weighted by atomic mass is 9.96. The normalized spacial score (nSPS) is 11.9. The van der Waals surface area contributed by atoms with Crippen molar-refractivity contribution >= 4 is 17.7 Å². The highest BCUT2D eigenvalue weighted by Crippen LogP contribution is 2.25. The van der Waals surface area contributed by atoms with Crippen LogP contribution in [0.2, 0.25) is 0 Å². The highest BCUT2D eigenvalue weighted by atomic mass is 32.2. The van der Waals surface area contributed by atoms with E-state index < -0.39 is 0 Å². The summed E-state index contributed by atoms with van der Waals surface area (Å²) in [5.41, 5.74) is 3.04. The first-order valence-electron chi connectivity index (χ1n) is 8.37. The molecule has 0 radical (unpaired) electrons. The Balaban J connectivity index is 2.08. The van der Waals surface area contributed by atoms with Crippen LogP contribution in [0.5, 0.6) is 0 Å². The van der Waals surface area contributed by atoms with E-state index in [4.69, 9.17) is 0 Å². The van der Waals surface area contributed by atoms with Gasteiger partial charge in [-0.05, 0) is 49.1 Å². The lowest BCUT2D eigenvalue weighted by Crippen LogP contribution is -2.33. The number of nitrogens with one attached hydrogen (secondary N) is 1. The summed E-state index contributed by atoms with van der Waals surface area (Å²) in [6.07, 6.45) is 0. The SMILES string of the molecule is Cc1cc(C)c(C#N)c(SCC(=O)NC(c2ccc(F)cc2)C(C)C)n1. The van der Waals surface area contributed by atoms with E-state index in [9.17, 15) is 14.4 Å². The highest BCUT2D eigenvalue weighted by molar-refractivity contribution is 8.00. The van der Waals surface area contributed by atoms with Crippen LogP contribution in [0, 0.1) is 36.9 Å². The molecule has 0 aliphatic rings. The molecule has 1 N–H and O–H groups in total. The van der Waals surface area contributed by atoms with Crippen LogP contribution in [0.15, 0.2) is 35.4 Å². The summed E-state index contributed by atoms with van der Waals surface area (Å²) in [6.45, 7) is 7.73. The number of carbonyl (C=O) groups is 1. The number of thioether (sulfide) groups is 1. The quantitative estimate of drug-likeness (QED) is 0.768. The predicted octanol–water partition coefficient (Wildman–Crippen LogP) is 4.31. The topological polar surface area (TPSA) is 65.8 Å². The van der Waals surface area contributed by atoms with Crippen LogP contribution in [0.3, 0.4) is 0 Å². The number of hydrogen-bond acceptors (Lipinski definition) is 4. The van der Waals surface area contributed by atoms with E-state index in [1.807, 2.05) is 33.8 Å². The number of aryl methyl sites for hydroxylation is 2. The number of nitrogens with zero attached hydrogens (tertiary/aromatic N) is 2. The Morgan fingerprint density at radius 2 is 1.96 bits per heavy atom. The van der Waals surface area contributed by atoms with Crippen LogP contribution in [0.1, 0.15) is 42.3 Å². The fourth-order valence-corrected chi connectivity index (χ4v) is 3.61. The summed E-state index contributed by atoms with van der Waals surface area (Å²) in [7, 11) is 0. The number of hydrogen-bond donors (Lipinski definition) is 1. The number of nitriles is 1. The summed E-state index contributed by atoms with van der Waals surface area (Å²) in [5.74, 6) is -0.135. The molecule has 6 heteroatoms. The summed E-state index contributed by atoms with van der Waals surface area (Å²) in [5, 5.41) is 12.9. The lowest BCUT2D eigenvalue weighted by Gasteiger charge is -2.23. The maximum Gasteiger partial charge on any atom is 0.230 e. The van der Waals surface area contributed by atoms with Gasteiger partial charge in [0, 0.05) is 5.69 Å². The summed E-state index contributed by atoms with van der Waals surface area (Å²) in [4.78, 5) is 16.8. The van der Waals surface area contributed by atoms with Gasteiger partial charge in [0.15, 0.2) is 0 Å². The second kappa shape index (κ2) is 8.81. The molecule has 26 heavy (non-hydrogen) atoms. The van der Waals surface area contributed by atoms with Crippen LogP contribution in [0.4, 0.5) is 4.39 Å². The average Bonchev–Trinajstić information content (AvgIpc) is 2.58. The highest BCUT2D eigenvalue weighted by Gasteiger charge is 2.19. The number of rotatable bonds is 6. The van der Waals surface area contributed by atoms with E-state index in [0.29, 0.717) is 10.6 Å². The third kappa shape index (κ3) is 5.06. The van der Waals surface area contributed by atoms with Crippen molar-refractivity contribution in [1.82, 2.24) is 10.3 Å². The van der Waals surface area contributed by atoms with Gasteiger partial charge >= 0.3 is 0 Å². The number of pyridine rings is 1. The largest absolute Gasteiger partial charge is 0.348 e. The molecule has 2 rings (SSSR count). The van der Waals surface area contributed by atoms with Gasteiger partial charge in [-0.1, -0.05) is 37.7 Å². The molecular weight excluding hydrogens is 349 g/mol. The summed E-state index contributed by atoms with van der Waals surface area (Å²) in [6, 6.07) is 9.97. The van der Waals surface area contributed by atoms with Crippen molar-refractivity contribution in [1.29, 1.82) is 5.26 Å². The van der Waals surface area contributed by atoms with Crippen molar-refractivity contribution in [3.8, 4) is 6.07 Å². The fourth-order valence-electron chi connectivity index (χ4n) is 2.70. The Hall–Kier alpha value is -2.39. The number of aromatic nitrogens is 1. The molecule has 0 spiro atoms. The molecule has 0 bridgehead atoms. The molecule has 0 aliphatic carbocycles. The van der Waals surface area contributed by atoms with E-state index in [-0.39, 0.29) is 29.4 Å². The molecule has 1 aromatic heterocycles. The first-order chi connectivity index (χ1) is 12.3. The molecule has 1 heterocycles. The van der Waals surface area contributed by atoms with Gasteiger partial charge < -0.3 is 5.32 Å². The van der Waals surface area contributed by atoms with Gasteiger partial charge in [0.25, 0.3) is 0 Å².